The van der Waals surface area contributed by atoms with Gasteiger partial charge < -0.3 is 14.8 Å². The number of rotatable bonds is 7. The van der Waals surface area contributed by atoms with E-state index in [1.807, 2.05) is 19.1 Å². The lowest BCUT2D eigenvalue weighted by molar-refractivity contribution is -0.384. The minimum Gasteiger partial charge on any atom is -0.465 e. The molecule has 2 aromatic carbocycles. The summed E-state index contributed by atoms with van der Waals surface area (Å²) in [4.78, 5) is 45.9. The van der Waals surface area contributed by atoms with Crippen molar-refractivity contribution in [2.75, 3.05) is 19.0 Å². The zero-order valence-corrected chi connectivity index (χ0v) is 15.3. The first-order valence-corrected chi connectivity index (χ1v) is 8.27. The van der Waals surface area contributed by atoms with E-state index in [9.17, 15) is 24.5 Å². The Balaban J connectivity index is 2.05. The molecule has 0 spiro atoms. The van der Waals surface area contributed by atoms with E-state index in [0.717, 1.165) is 37.3 Å². The van der Waals surface area contributed by atoms with Gasteiger partial charge in [0.1, 0.15) is 0 Å². The lowest BCUT2D eigenvalue weighted by Gasteiger charge is -2.08. The van der Waals surface area contributed by atoms with Gasteiger partial charge in [-0.25, -0.2) is 9.59 Å². The van der Waals surface area contributed by atoms with E-state index >= 15 is 0 Å². The molecule has 0 fully saturated rings. The average Bonchev–Trinajstić information content (AvgIpc) is 2.71. The van der Waals surface area contributed by atoms with Gasteiger partial charge in [-0.15, -0.1) is 0 Å². The van der Waals surface area contributed by atoms with Gasteiger partial charge in [0.15, 0.2) is 6.61 Å². The standard InChI is InChI=1S/C19H18N2O7/c1-3-12-4-6-15(7-5-12)20-17(22)11-28-19(24)14-8-13(18(23)27-2)9-16(10-14)21(25)26/h4-10H,3,11H2,1-2H3,(H,20,22). The number of nitro groups is 1. The zero-order valence-electron chi connectivity index (χ0n) is 15.3. The number of hydrogen-bond acceptors (Lipinski definition) is 7. The number of nitro benzene ring substituents is 1. The molecule has 0 aliphatic rings. The molecule has 146 valence electrons. The van der Waals surface area contributed by atoms with Crippen LogP contribution >= 0.6 is 0 Å². The maximum atomic E-state index is 12.1. The van der Waals surface area contributed by atoms with Crippen molar-refractivity contribution in [1.82, 2.24) is 0 Å². The molecule has 2 rings (SSSR count). The quantitative estimate of drug-likeness (QED) is 0.440. The molecule has 1 N–H and O–H groups in total. The molecular formula is C19H18N2O7. The second kappa shape index (κ2) is 9.26. The first-order chi connectivity index (χ1) is 13.3. The second-order valence-electron chi connectivity index (χ2n) is 5.69. The third kappa shape index (κ3) is 5.37. The lowest BCUT2D eigenvalue weighted by Crippen LogP contribution is -2.21. The number of nitrogens with one attached hydrogen (secondary N) is 1. The molecule has 0 bridgehead atoms. The molecule has 0 saturated carbocycles. The number of aryl methyl sites for hydroxylation is 1. The number of hydrogen-bond donors (Lipinski definition) is 1. The summed E-state index contributed by atoms with van der Waals surface area (Å²) in [6.45, 7) is 1.41. The fourth-order valence-electron chi connectivity index (χ4n) is 2.31. The van der Waals surface area contributed by atoms with E-state index in [1.54, 1.807) is 12.1 Å². The van der Waals surface area contributed by atoms with E-state index in [4.69, 9.17) is 4.74 Å². The van der Waals surface area contributed by atoms with Crippen LogP contribution in [0, 0.1) is 10.1 Å². The minimum atomic E-state index is -0.981. The van der Waals surface area contributed by atoms with Gasteiger partial charge in [0.2, 0.25) is 0 Å². The van der Waals surface area contributed by atoms with Crippen molar-refractivity contribution in [3.63, 3.8) is 0 Å². The number of amides is 1. The Labute approximate surface area is 160 Å². The van der Waals surface area contributed by atoms with Gasteiger partial charge in [0.25, 0.3) is 11.6 Å². The van der Waals surface area contributed by atoms with Gasteiger partial charge in [-0.2, -0.15) is 0 Å². The van der Waals surface area contributed by atoms with E-state index in [0.29, 0.717) is 5.69 Å². The van der Waals surface area contributed by atoms with Gasteiger partial charge in [0, 0.05) is 17.8 Å². The molecule has 0 saturated heterocycles. The highest BCUT2D eigenvalue weighted by Crippen LogP contribution is 2.19. The Morgan fingerprint density at radius 2 is 1.64 bits per heavy atom. The van der Waals surface area contributed by atoms with Crippen molar-refractivity contribution in [1.29, 1.82) is 0 Å². The largest absolute Gasteiger partial charge is 0.465 e. The molecule has 0 aliphatic carbocycles. The first kappa shape index (κ1) is 20.6. The predicted octanol–water partition coefficient (Wildman–Crippen LogP) is 2.74. The predicted molar refractivity (Wildman–Crippen MR) is 99.2 cm³/mol. The number of methoxy groups -OCH3 is 1. The van der Waals surface area contributed by atoms with Gasteiger partial charge >= 0.3 is 11.9 Å². The molecule has 0 radical (unpaired) electrons. The summed E-state index contributed by atoms with van der Waals surface area (Å²) in [5, 5.41) is 13.6. The minimum absolute atomic E-state index is 0.177. The van der Waals surface area contributed by atoms with Gasteiger partial charge in [0.05, 0.1) is 23.2 Å². The number of carbonyl (C=O) groups excluding carboxylic acids is 3. The van der Waals surface area contributed by atoms with Gasteiger partial charge in [-0.1, -0.05) is 19.1 Å². The summed E-state index contributed by atoms with van der Waals surface area (Å²) in [5.74, 6) is -2.40. The Kier molecular flexibility index (Phi) is 6.80. The Bertz CT molecular complexity index is 907. The smallest absolute Gasteiger partial charge is 0.338 e. The second-order valence-corrected chi connectivity index (χ2v) is 5.69. The van der Waals surface area contributed by atoms with Crippen LogP contribution in [0.25, 0.3) is 0 Å². The monoisotopic (exact) mass is 386 g/mol. The molecule has 0 atom stereocenters. The third-order valence-corrected chi connectivity index (χ3v) is 3.77. The topological polar surface area (TPSA) is 125 Å². The van der Waals surface area contributed by atoms with Gasteiger partial charge in [-0.3, -0.25) is 14.9 Å². The molecule has 9 nitrogen and oxygen atoms in total. The Hall–Kier alpha value is -3.75. The van der Waals surface area contributed by atoms with Crippen LogP contribution in [0.15, 0.2) is 42.5 Å². The molecule has 1 amide bonds. The van der Waals surface area contributed by atoms with Crippen LogP contribution < -0.4 is 5.32 Å². The molecule has 0 aliphatic heterocycles. The maximum Gasteiger partial charge on any atom is 0.338 e. The molecule has 2 aromatic rings. The third-order valence-electron chi connectivity index (χ3n) is 3.77. The molecule has 28 heavy (non-hydrogen) atoms. The van der Waals surface area contributed by atoms with Crippen LogP contribution in [-0.2, 0) is 20.7 Å². The highest BCUT2D eigenvalue weighted by atomic mass is 16.6. The van der Waals surface area contributed by atoms with Crippen LogP contribution in [0.5, 0.6) is 0 Å². The van der Waals surface area contributed by atoms with Crippen LogP contribution in [0.4, 0.5) is 11.4 Å². The summed E-state index contributed by atoms with van der Waals surface area (Å²) in [6.07, 6.45) is 0.864. The van der Waals surface area contributed by atoms with Crippen molar-refractivity contribution in [2.24, 2.45) is 0 Å². The van der Waals surface area contributed by atoms with Crippen molar-refractivity contribution in [3.05, 3.63) is 69.3 Å². The summed E-state index contributed by atoms with van der Waals surface area (Å²) >= 11 is 0. The molecule has 0 aromatic heterocycles. The van der Waals surface area contributed by atoms with E-state index < -0.39 is 35.1 Å². The summed E-state index contributed by atoms with van der Waals surface area (Å²) in [5.41, 5.74) is 0.757. The molecule has 9 heteroatoms. The highest BCUT2D eigenvalue weighted by Gasteiger charge is 2.20. The maximum absolute atomic E-state index is 12.1. The Morgan fingerprint density at radius 3 is 2.18 bits per heavy atom. The van der Waals surface area contributed by atoms with Crippen molar-refractivity contribution >= 4 is 29.2 Å². The number of esters is 2. The average molecular weight is 386 g/mol. The molecule has 0 unspecified atom stereocenters. The number of benzene rings is 2. The summed E-state index contributed by atoms with van der Waals surface area (Å²) in [7, 11) is 1.11. The van der Waals surface area contributed by atoms with Gasteiger partial charge in [-0.05, 0) is 30.2 Å². The molecular weight excluding hydrogens is 368 g/mol. The highest BCUT2D eigenvalue weighted by molar-refractivity contribution is 5.98. The van der Waals surface area contributed by atoms with Crippen LogP contribution in [0.1, 0.15) is 33.2 Å². The summed E-state index contributed by atoms with van der Waals surface area (Å²) < 4.78 is 9.39. The number of ether oxygens (including phenoxy) is 2. The van der Waals surface area contributed by atoms with E-state index in [2.05, 4.69) is 10.1 Å². The fourth-order valence-corrected chi connectivity index (χ4v) is 2.31. The number of anilines is 1. The van der Waals surface area contributed by atoms with E-state index in [1.165, 1.54) is 0 Å². The molecule has 0 heterocycles. The zero-order chi connectivity index (χ0) is 20.7. The van der Waals surface area contributed by atoms with Crippen LogP contribution in [0.2, 0.25) is 0 Å². The van der Waals surface area contributed by atoms with Crippen LogP contribution in [-0.4, -0.2) is 36.5 Å². The number of non-ortho nitro benzene ring substituents is 1. The fraction of sp³-hybridized carbons (Fsp3) is 0.211. The normalized spacial score (nSPS) is 10.1. The number of carbonyl (C=O) groups is 3. The van der Waals surface area contributed by atoms with Crippen molar-refractivity contribution in [2.45, 2.75) is 13.3 Å². The Morgan fingerprint density at radius 1 is 1.04 bits per heavy atom. The SMILES string of the molecule is CCc1ccc(NC(=O)COC(=O)c2cc(C(=O)OC)cc([N+](=O)[O-])c2)cc1. The summed E-state index contributed by atoms with van der Waals surface area (Å²) in [6, 6.07) is 10.2. The number of nitrogens with zero attached hydrogens (tertiary/aromatic N) is 1. The van der Waals surface area contributed by atoms with Crippen molar-refractivity contribution in [3.8, 4) is 0 Å². The van der Waals surface area contributed by atoms with Crippen molar-refractivity contribution < 1.29 is 28.8 Å². The van der Waals surface area contributed by atoms with E-state index in [-0.39, 0.29) is 11.1 Å². The van der Waals surface area contributed by atoms with Crippen LogP contribution in [0.3, 0.4) is 0 Å². The first-order valence-electron chi connectivity index (χ1n) is 8.27. The lowest BCUT2D eigenvalue weighted by atomic mass is 10.1.